The summed E-state index contributed by atoms with van der Waals surface area (Å²) >= 11 is 0. The molecule has 0 amide bonds. The maximum atomic E-state index is 11.3. The van der Waals surface area contributed by atoms with Gasteiger partial charge < -0.3 is 19.6 Å². The fourth-order valence-electron chi connectivity index (χ4n) is 5.18. The van der Waals surface area contributed by atoms with Gasteiger partial charge in [0.2, 0.25) is 0 Å². The van der Waals surface area contributed by atoms with Crippen molar-refractivity contribution in [3.8, 4) is 5.69 Å². The molecule has 0 saturated carbocycles. The number of pyridine rings is 1. The molecule has 5 heterocycles. The van der Waals surface area contributed by atoms with Crippen molar-refractivity contribution >= 4 is 5.97 Å². The third kappa shape index (κ3) is 4.24. The van der Waals surface area contributed by atoms with Crippen molar-refractivity contribution < 1.29 is 14.6 Å². The summed E-state index contributed by atoms with van der Waals surface area (Å²) in [5.41, 5.74) is 3.81. The van der Waals surface area contributed by atoms with Crippen molar-refractivity contribution in [1.82, 2.24) is 35.0 Å². The van der Waals surface area contributed by atoms with Gasteiger partial charge in [-0.05, 0) is 73.2 Å². The number of rotatable bonds is 5. The van der Waals surface area contributed by atoms with Gasteiger partial charge in [0.05, 0.1) is 23.3 Å². The molecule has 10 nitrogen and oxygen atoms in total. The molecule has 0 radical (unpaired) electrons. The van der Waals surface area contributed by atoms with E-state index >= 15 is 0 Å². The molecule has 1 unspecified atom stereocenters. The minimum absolute atomic E-state index is 0.220. The van der Waals surface area contributed by atoms with Gasteiger partial charge in [-0.1, -0.05) is 0 Å². The van der Waals surface area contributed by atoms with Crippen LogP contribution in [0, 0.1) is 12.3 Å². The normalized spacial score (nSPS) is 22.1. The Labute approximate surface area is 186 Å². The Kier molecular flexibility index (Phi) is 5.64. The quantitative estimate of drug-likeness (QED) is 0.683. The molecular weight excluding hydrogens is 410 g/mol. The summed E-state index contributed by atoms with van der Waals surface area (Å²) in [4.78, 5) is 20.5. The highest BCUT2D eigenvalue weighted by molar-refractivity contribution is 5.85. The first-order valence-corrected chi connectivity index (χ1v) is 11.2. The van der Waals surface area contributed by atoms with Crippen LogP contribution in [-0.4, -0.2) is 85.4 Å². The lowest BCUT2D eigenvalue weighted by Crippen LogP contribution is -2.47. The van der Waals surface area contributed by atoms with Crippen LogP contribution >= 0.6 is 0 Å². The number of ether oxygens (including phenoxy) is 1. The van der Waals surface area contributed by atoms with E-state index < -0.39 is 6.10 Å². The first-order valence-electron chi connectivity index (χ1n) is 11.2. The van der Waals surface area contributed by atoms with Crippen LogP contribution in [0.5, 0.6) is 0 Å². The van der Waals surface area contributed by atoms with Gasteiger partial charge in [0.25, 0.3) is 0 Å². The monoisotopic (exact) mass is 439 g/mol. The second kappa shape index (κ2) is 8.59. The zero-order valence-corrected chi connectivity index (χ0v) is 18.4. The fourth-order valence-corrected chi connectivity index (χ4v) is 5.18. The molecule has 10 heteroatoms. The Morgan fingerprint density at radius 3 is 2.56 bits per heavy atom. The Morgan fingerprint density at radius 1 is 1.19 bits per heavy atom. The second-order valence-electron chi connectivity index (χ2n) is 9.20. The van der Waals surface area contributed by atoms with E-state index in [4.69, 9.17) is 4.74 Å². The molecule has 0 aliphatic carbocycles. The molecule has 0 bridgehead atoms. The number of carbonyl (C=O) groups excluding carboxylic acids is 1. The predicted octanol–water partition coefficient (Wildman–Crippen LogP) is 1.02. The Hall–Kier alpha value is -2.85. The average Bonchev–Trinajstić information content (AvgIpc) is 3.48. The number of hydrogen-bond donors (Lipinski definition) is 1. The number of esters is 1. The highest BCUT2D eigenvalue weighted by Gasteiger charge is 2.38. The molecule has 1 spiro atoms. The van der Waals surface area contributed by atoms with Gasteiger partial charge in [-0.25, -0.2) is 4.79 Å². The number of cyclic esters (lactones) is 1. The van der Waals surface area contributed by atoms with Crippen LogP contribution in [0.4, 0.5) is 0 Å². The number of piperidine rings is 2. The minimum Gasteiger partial charge on any atom is -0.456 e. The Balaban J connectivity index is 1.14. The van der Waals surface area contributed by atoms with Crippen molar-refractivity contribution in [2.24, 2.45) is 5.41 Å². The summed E-state index contributed by atoms with van der Waals surface area (Å²) in [6.45, 7) is 6.92. The lowest BCUT2D eigenvalue weighted by atomic mass is 9.71. The van der Waals surface area contributed by atoms with E-state index in [9.17, 15) is 9.90 Å². The molecule has 3 aliphatic heterocycles. The topological polar surface area (TPSA) is 109 Å². The minimum atomic E-state index is -0.624. The molecule has 3 aliphatic rings. The molecule has 5 rings (SSSR count). The van der Waals surface area contributed by atoms with Crippen LogP contribution in [0.3, 0.4) is 0 Å². The molecule has 1 atom stereocenters. The van der Waals surface area contributed by atoms with Crippen molar-refractivity contribution in [3.05, 3.63) is 41.6 Å². The third-order valence-electron chi connectivity index (χ3n) is 7.26. The number of aliphatic hydroxyl groups is 1. The van der Waals surface area contributed by atoms with Crippen LogP contribution in [0.15, 0.2) is 30.4 Å². The molecule has 1 N–H and O–H groups in total. The summed E-state index contributed by atoms with van der Waals surface area (Å²) < 4.78 is 6.61. The number of β-amino-alcohol motifs (C(OH)–C–C–N with tert-alkyl or cyclic N) is 1. The predicted molar refractivity (Wildman–Crippen MR) is 115 cm³/mol. The zero-order chi connectivity index (χ0) is 22.1. The molecule has 2 fully saturated rings. The summed E-state index contributed by atoms with van der Waals surface area (Å²) in [7, 11) is 0. The summed E-state index contributed by atoms with van der Waals surface area (Å²) in [5.74, 6) is -0.220. The van der Waals surface area contributed by atoms with E-state index in [2.05, 4.69) is 30.3 Å². The molecule has 32 heavy (non-hydrogen) atoms. The number of likely N-dealkylation sites (tertiary alicyclic amines) is 2. The summed E-state index contributed by atoms with van der Waals surface area (Å²) in [6, 6.07) is 1.94. The number of nitrogens with zero attached hydrogens (tertiary/aromatic N) is 7. The van der Waals surface area contributed by atoms with Gasteiger partial charge in [-0.2, -0.15) is 4.68 Å². The van der Waals surface area contributed by atoms with Gasteiger partial charge in [-0.15, -0.1) is 5.10 Å². The molecule has 2 aromatic heterocycles. The lowest BCUT2D eigenvalue weighted by molar-refractivity contribution is -0.135. The first kappa shape index (κ1) is 21.0. The number of tetrazole rings is 1. The van der Waals surface area contributed by atoms with Crippen LogP contribution in [0.25, 0.3) is 5.69 Å². The molecule has 2 aromatic rings. The van der Waals surface area contributed by atoms with E-state index in [1.165, 1.54) is 6.33 Å². The van der Waals surface area contributed by atoms with Crippen molar-refractivity contribution in [2.45, 2.75) is 38.7 Å². The number of aliphatic hydroxyl groups excluding tert-OH is 1. The van der Waals surface area contributed by atoms with Crippen LogP contribution in [-0.2, 0) is 9.53 Å². The average molecular weight is 440 g/mol. The van der Waals surface area contributed by atoms with Crippen molar-refractivity contribution in [2.75, 3.05) is 39.3 Å². The van der Waals surface area contributed by atoms with E-state index in [-0.39, 0.29) is 5.97 Å². The smallest absolute Gasteiger partial charge is 0.333 e. The van der Waals surface area contributed by atoms with Crippen molar-refractivity contribution in [3.63, 3.8) is 0 Å². The standard InChI is InChI=1S/C22H29N7O3/c1-16-10-17(29-15-24-25-26-29)12-23-21(16)19(30)13-27-6-2-22(3-7-27)4-8-28(9-5-22)18-11-20(31)32-14-18/h10-12,15,19,30H,2-9,13-14H2,1H3. The van der Waals surface area contributed by atoms with E-state index in [0.29, 0.717) is 24.3 Å². The number of hydrogen-bond acceptors (Lipinski definition) is 9. The van der Waals surface area contributed by atoms with E-state index in [1.54, 1.807) is 17.0 Å². The SMILES string of the molecule is Cc1cc(-n2cnnn2)cnc1C(O)CN1CCC2(CC1)CCN(C1=CC(=O)OC1)CC2. The van der Waals surface area contributed by atoms with Gasteiger partial charge in [-0.3, -0.25) is 4.98 Å². The molecule has 170 valence electrons. The van der Waals surface area contributed by atoms with Crippen LogP contribution in [0.2, 0.25) is 0 Å². The molecule has 2 saturated heterocycles. The Bertz CT molecular complexity index is 989. The Morgan fingerprint density at radius 2 is 1.94 bits per heavy atom. The van der Waals surface area contributed by atoms with E-state index in [0.717, 1.165) is 68.8 Å². The van der Waals surface area contributed by atoms with Gasteiger partial charge >= 0.3 is 5.97 Å². The zero-order valence-electron chi connectivity index (χ0n) is 18.4. The number of aromatic nitrogens is 5. The fraction of sp³-hybridized carbons (Fsp3) is 0.591. The first-order chi connectivity index (χ1) is 15.5. The lowest BCUT2D eigenvalue weighted by Gasteiger charge is -2.47. The third-order valence-corrected chi connectivity index (χ3v) is 7.26. The van der Waals surface area contributed by atoms with E-state index in [1.807, 2.05) is 13.0 Å². The molecule has 0 aromatic carbocycles. The summed E-state index contributed by atoms with van der Waals surface area (Å²) in [6.07, 6.45) is 8.81. The maximum Gasteiger partial charge on any atom is 0.333 e. The number of aryl methyl sites for hydroxylation is 1. The van der Waals surface area contributed by atoms with Crippen molar-refractivity contribution in [1.29, 1.82) is 0 Å². The van der Waals surface area contributed by atoms with Gasteiger partial charge in [0.15, 0.2) is 0 Å². The molecular formula is C22H29N7O3. The van der Waals surface area contributed by atoms with Gasteiger partial charge in [0, 0.05) is 25.7 Å². The van der Waals surface area contributed by atoms with Crippen LogP contribution < -0.4 is 0 Å². The van der Waals surface area contributed by atoms with Gasteiger partial charge in [0.1, 0.15) is 19.0 Å². The largest absolute Gasteiger partial charge is 0.456 e. The van der Waals surface area contributed by atoms with Crippen LogP contribution in [0.1, 0.15) is 43.0 Å². The highest BCUT2D eigenvalue weighted by Crippen LogP contribution is 2.42. The second-order valence-corrected chi connectivity index (χ2v) is 9.20. The maximum absolute atomic E-state index is 11.3. The number of carbonyl (C=O) groups is 1. The summed E-state index contributed by atoms with van der Waals surface area (Å²) in [5, 5.41) is 22.0. The highest BCUT2D eigenvalue weighted by atomic mass is 16.5.